The third kappa shape index (κ3) is 3.87. The first-order valence-electron chi connectivity index (χ1n) is 9.15. The molecule has 0 atom stereocenters. The molecule has 144 valence electrons. The van der Waals surface area contributed by atoms with Crippen molar-refractivity contribution in [1.29, 1.82) is 0 Å². The highest BCUT2D eigenvalue weighted by molar-refractivity contribution is 5.97. The summed E-state index contributed by atoms with van der Waals surface area (Å²) in [7, 11) is 1.38. The topological polar surface area (TPSA) is 84.1 Å². The van der Waals surface area contributed by atoms with E-state index in [0.717, 1.165) is 27.6 Å². The first-order valence-corrected chi connectivity index (χ1v) is 9.15. The van der Waals surface area contributed by atoms with Gasteiger partial charge in [0.15, 0.2) is 0 Å². The minimum absolute atomic E-state index is 0.362. The summed E-state index contributed by atoms with van der Waals surface area (Å²) in [6, 6.07) is 22.8. The quantitative estimate of drug-likeness (QED) is 0.508. The fourth-order valence-electron chi connectivity index (χ4n) is 3.25. The van der Waals surface area contributed by atoms with Crippen LogP contribution in [0, 0.1) is 0 Å². The summed E-state index contributed by atoms with van der Waals surface area (Å²) in [5.74, 6) is 0.183. The zero-order valence-electron chi connectivity index (χ0n) is 15.8. The maximum Gasteiger partial charge on any atom is 0.347 e. The number of nitrogens with zero attached hydrogens (tertiary/aromatic N) is 1. The molecule has 2 N–H and O–H groups in total. The number of methoxy groups -OCH3 is 1. The van der Waals surface area contributed by atoms with Gasteiger partial charge in [0.05, 0.1) is 18.2 Å². The molecule has 1 aromatic heterocycles. The predicted octanol–water partition coefficient (Wildman–Crippen LogP) is 3.99. The van der Waals surface area contributed by atoms with Gasteiger partial charge >= 0.3 is 11.7 Å². The van der Waals surface area contributed by atoms with Crippen LogP contribution in [0.2, 0.25) is 0 Å². The van der Waals surface area contributed by atoms with Crippen LogP contribution < -0.4 is 11.0 Å². The maximum absolute atomic E-state index is 12.0. The lowest BCUT2D eigenvalue weighted by atomic mass is 9.98. The monoisotopic (exact) mass is 385 g/mol. The van der Waals surface area contributed by atoms with Crippen molar-refractivity contribution in [1.82, 2.24) is 9.97 Å². The van der Waals surface area contributed by atoms with E-state index in [1.165, 1.54) is 7.11 Å². The van der Waals surface area contributed by atoms with Gasteiger partial charge in [-0.1, -0.05) is 54.6 Å². The smallest absolute Gasteiger partial charge is 0.347 e. The minimum atomic E-state index is -0.388. The van der Waals surface area contributed by atoms with Crippen molar-refractivity contribution in [3.63, 3.8) is 0 Å². The van der Waals surface area contributed by atoms with Gasteiger partial charge in [-0.2, -0.15) is 4.98 Å². The number of aromatic nitrogens is 2. The van der Waals surface area contributed by atoms with E-state index < -0.39 is 0 Å². The first kappa shape index (κ1) is 18.4. The van der Waals surface area contributed by atoms with Crippen LogP contribution in [0.25, 0.3) is 22.0 Å². The Bertz CT molecular complexity index is 1230. The molecule has 0 unspecified atom stereocenters. The average Bonchev–Trinajstić information content (AvgIpc) is 2.77. The fraction of sp³-hybridized carbons (Fsp3) is 0.0870. The highest BCUT2D eigenvalue weighted by atomic mass is 16.5. The standard InChI is InChI=1S/C23H19N3O3/c1-29-22(27)18-7-3-2-6-17(18)16-12-10-15(11-13-16)14-24-21-19-8-4-5-9-20(19)25-23(28)26-21/h2-13H,14H2,1H3,(H2,24,25,26,28). The van der Waals surface area contributed by atoms with Crippen molar-refractivity contribution >= 4 is 22.7 Å². The molecule has 0 spiro atoms. The number of aromatic amines is 1. The van der Waals surface area contributed by atoms with Crippen molar-refractivity contribution in [2.24, 2.45) is 0 Å². The van der Waals surface area contributed by atoms with Crippen LogP contribution in [0.5, 0.6) is 0 Å². The number of para-hydroxylation sites is 1. The molecule has 3 aromatic carbocycles. The number of carbonyl (C=O) groups excluding carboxylic acids is 1. The van der Waals surface area contributed by atoms with Gasteiger partial charge in [0.1, 0.15) is 5.82 Å². The van der Waals surface area contributed by atoms with Crippen LogP contribution >= 0.6 is 0 Å². The van der Waals surface area contributed by atoms with Crippen molar-refractivity contribution in [3.05, 3.63) is 94.4 Å². The molecule has 0 aliphatic rings. The van der Waals surface area contributed by atoms with E-state index in [9.17, 15) is 9.59 Å². The fourth-order valence-corrected chi connectivity index (χ4v) is 3.25. The van der Waals surface area contributed by atoms with E-state index in [2.05, 4.69) is 15.3 Å². The number of benzene rings is 3. The van der Waals surface area contributed by atoms with Crippen LogP contribution in [0.4, 0.5) is 5.82 Å². The Morgan fingerprint density at radius 2 is 1.72 bits per heavy atom. The van der Waals surface area contributed by atoms with Crippen LogP contribution in [0.3, 0.4) is 0 Å². The average molecular weight is 385 g/mol. The largest absolute Gasteiger partial charge is 0.465 e. The molecule has 0 saturated heterocycles. The second-order valence-corrected chi connectivity index (χ2v) is 6.52. The summed E-state index contributed by atoms with van der Waals surface area (Å²) in [4.78, 5) is 30.6. The number of rotatable bonds is 5. The summed E-state index contributed by atoms with van der Waals surface area (Å²) in [5, 5.41) is 4.09. The number of fused-ring (bicyclic) bond motifs is 1. The van der Waals surface area contributed by atoms with E-state index in [4.69, 9.17) is 4.74 Å². The lowest BCUT2D eigenvalue weighted by molar-refractivity contribution is 0.0601. The van der Waals surface area contributed by atoms with Crippen molar-refractivity contribution < 1.29 is 9.53 Å². The number of hydrogen-bond acceptors (Lipinski definition) is 5. The summed E-state index contributed by atoms with van der Waals surface area (Å²) >= 11 is 0. The van der Waals surface area contributed by atoms with Gasteiger partial charge in [-0.05, 0) is 34.9 Å². The number of ether oxygens (including phenoxy) is 1. The molecule has 4 aromatic rings. The molecule has 0 fully saturated rings. The van der Waals surface area contributed by atoms with Crippen LogP contribution in [0.1, 0.15) is 15.9 Å². The molecule has 0 bridgehead atoms. The highest BCUT2D eigenvalue weighted by Gasteiger charge is 2.12. The van der Waals surface area contributed by atoms with E-state index in [1.54, 1.807) is 6.07 Å². The minimum Gasteiger partial charge on any atom is -0.465 e. The molecule has 6 heteroatoms. The number of carbonyl (C=O) groups is 1. The molecular weight excluding hydrogens is 366 g/mol. The van der Waals surface area contributed by atoms with E-state index in [1.807, 2.05) is 66.7 Å². The van der Waals surface area contributed by atoms with Crippen LogP contribution in [0.15, 0.2) is 77.6 Å². The van der Waals surface area contributed by atoms with E-state index in [-0.39, 0.29) is 11.7 Å². The van der Waals surface area contributed by atoms with Gasteiger partial charge in [-0.25, -0.2) is 9.59 Å². The lowest BCUT2D eigenvalue weighted by Gasteiger charge is -2.10. The Morgan fingerprint density at radius 1 is 1.00 bits per heavy atom. The van der Waals surface area contributed by atoms with Gasteiger partial charge in [0.2, 0.25) is 0 Å². The summed E-state index contributed by atoms with van der Waals surface area (Å²) < 4.78 is 4.87. The number of esters is 1. The molecule has 0 radical (unpaired) electrons. The molecule has 1 heterocycles. The summed E-state index contributed by atoms with van der Waals surface area (Å²) in [6.45, 7) is 0.513. The highest BCUT2D eigenvalue weighted by Crippen LogP contribution is 2.25. The molecule has 0 amide bonds. The molecule has 6 nitrogen and oxygen atoms in total. The van der Waals surface area contributed by atoms with Crippen LogP contribution in [-0.4, -0.2) is 23.0 Å². The Kier molecular flexibility index (Phi) is 5.07. The van der Waals surface area contributed by atoms with Gasteiger partial charge in [-0.3, -0.25) is 0 Å². The molecule has 0 saturated carbocycles. The van der Waals surface area contributed by atoms with E-state index in [0.29, 0.717) is 17.9 Å². The second-order valence-electron chi connectivity index (χ2n) is 6.52. The third-order valence-corrected chi connectivity index (χ3v) is 4.69. The van der Waals surface area contributed by atoms with Crippen LogP contribution in [-0.2, 0) is 11.3 Å². The van der Waals surface area contributed by atoms with E-state index >= 15 is 0 Å². The molecule has 0 aliphatic carbocycles. The van der Waals surface area contributed by atoms with Crippen molar-refractivity contribution in [2.75, 3.05) is 12.4 Å². The third-order valence-electron chi connectivity index (χ3n) is 4.69. The first-order chi connectivity index (χ1) is 14.2. The number of anilines is 1. The van der Waals surface area contributed by atoms with Crippen molar-refractivity contribution in [3.8, 4) is 11.1 Å². The second kappa shape index (κ2) is 7.98. The summed E-state index contributed by atoms with van der Waals surface area (Å²) in [6.07, 6.45) is 0. The Morgan fingerprint density at radius 3 is 2.52 bits per heavy atom. The number of hydrogen-bond donors (Lipinski definition) is 2. The zero-order valence-corrected chi connectivity index (χ0v) is 15.8. The van der Waals surface area contributed by atoms with Gasteiger partial charge in [0.25, 0.3) is 0 Å². The summed E-state index contributed by atoms with van der Waals surface area (Å²) in [5.41, 5.74) is 3.65. The van der Waals surface area contributed by atoms with Gasteiger partial charge in [-0.15, -0.1) is 0 Å². The Hall–Kier alpha value is -3.93. The maximum atomic E-state index is 12.0. The molecule has 0 aliphatic heterocycles. The Balaban J connectivity index is 1.56. The lowest BCUT2D eigenvalue weighted by Crippen LogP contribution is -2.14. The normalized spacial score (nSPS) is 10.7. The van der Waals surface area contributed by atoms with Gasteiger partial charge in [0, 0.05) is 11.9 Å². The predicted molar refractivity (Wildman–Crippen MR) is 113 cm³/mol. The van der Waals surface area contributed by atoms with Gasteiger partial charge < -0.3 is 15.0 Å². The SMILES string of the molecule is COC(=O)c1ccccc1-c1ccc(CNc2nc(=O)[nH]c3ccccc23)cc1. The zero-order chi connectivity index (χ0) is 20.2. The number of nitrogens with one attached hydrogen (secondary N) is 2. The molecular formula is C23H19N3O3. The number of H-pyrrole nitrogens is 1. The van der Waals surface area contributed by atoms with Crippen molar-refractivity contribution in [2.45, 2.75) is 6.54 Å². The Labute approximate surface area is 167 Å². The molecule has 4 rings (SSSR count). The molecule has 29 heavy (non-hydrogen) atoms.